The van der Waals surface area contributed by atoms with E-state index in [4.69, 9.17) is 0 Å². The van der Waals surface area contributed by atoms with Gasteiger partial charge in [0.15, 0.2) is 0 Å². The van der Waals surface area contributed by atoms with Gasteiger partial charge < -0.3 is 10.2 Å². The van der Waals surface area contributed by atoms with Crippen LogP contribution >= 0.6 is 0 Å². The van der Waals surface area contributed by atoms with Crippen LogP contribution in [0.3, 0.4) is 0 Å². The molecular weight excluding hydrogens is 208 g/mol. The molecule has 0 aliphatic carbocycles. The van der Waals surface area contributed by atoms with E-state index in [0.29, 0.717) is 0 Å². The van der Waals surface area contributed by atoms with Gasteiger partial charge >= 0.3 is 0 Å². The first-order chi connectivity index (χ1) is 8.29. The Morgan fingerprint density at radius 2 is 1.82 bits per heavy atom. The fourth-order valence-corrected chi connectivity index (χ4v) is 2.55. The van der Waals surface area contributed by atoms with Gasteiger partial charge in [0.05, 0.1) is 0 Å². The molecule has 2 heteroatoms. The van der Waals surface area contributed by atoms with Crippen molar-refractivity contribution in [2.45, 2.75) is 26.7 Å². The molecule has 0 atom stereocenters. The van der Waals surface area contributed by atoms with Crippen molar-refractivity contribution in [3.8, 4) is 0 Å². The van der Waals surface area contributed by atoms with E-state index in [0.717, 1.165) is 12.5 Å². The molecule has 1 aromatic rings. The van der Waals surface area contributed by atoms with Crippen molar-refractivity contribution in [1.29, 1.82) is 0 Å². The highest BCUT2D eigenvalue weighted by Crippen LogP contribution is 2.20. The number of nitrogens with one attached hydrogen (secondary N) is 1. The molecule has 1 heterocycles. The van der Waals surface area contributed by atoms with Crippen molar-refractivity contribution in [3.63, 3.8) is 0 Å². The fraction of sp³-hybridized carbons (Fsp3) is 0.600. The van der Waals surface area contributed by atoms with Crippen molar-refractivity contribution < 1.29 is 0 Å². The molecule has 1 N–H and O–H groups in total. The minimum absolute atomic E-state index is 0.859. The summed E-state index contributed by atoms with van der Waals surface area (Å²) in [5.74, 6) is 0.859. The number of hydrogen-bond acceptors (Lipinski definition) is 2. The van der Waals surface area contributed by atoms with Crippen LogP contribution in [0.4, 0.5) is 5.69 Å². The predicted molar refractivity (Wildman–Crippen MR) is 74.7 cm³/mol. The molecule has 1 fully saturated rings. The Balaban J connectivity index is 1.97. The Labute approximate surface area is 105 Å². The Bertz CT molecular complexity index is 325. The zero-order valence-corrected chi connectivity index (χ0v) is 11.1. The molecule has 1 aliphatic heterocycles. The van der Waals surface area contributed by atoms with Crippen LogP contribution in [0.2, 0.25) is 0 Å². The van der Waals surface area contributed by atoms with Gasteiger partial charge in [0, 0.05) is 18.8 Å². The van der Waals surface area contributed by atoms with Crippen molar-refractivity contribution in [2.75, 3.05) is 31.1 Å². The predicted octanol–water partition coefficient (Wildman–Crippen LogP) is 2.82. The van der Waals surface area contributed by atoms with Gasteiger partial charge in [0.25, 0.3) is 0 Å². The van der Waals surface area contributed by atoms with E-state index in [-0.39, 0.29) is 0 Å². The molecule has 0 bridgehead atoms. The van der Waals surface area contributed by atoms with Crippen LogP contribution in [0.25, 0.3) is 0 Å². The van der Waals surface area contributed by atoms with E-state index < -0.39 is 0 Å². The molecule has 0 radical (unpaired) electrons. The SMILES string of the molecule is CCN(CC1CCNCC1)c1ccc(C)cc1. The second-order valence-electron chi connectivity index (χ2n) is 5.07. The van der Waals surface area contributed by atoms with Crippen LogP contribution in [-0.2, 0) is 0 Å². The van der Waals surface area contributed by atoms with E-state index in [1.54, 1.807) is 0 Å². The summed E-state index contributed by atoms with van der Waals surface area (Å²) in [6.07, 6.45) is 2.64. The number of nitrogens with zero attached hydrogens (tertiary/aromatic N) is 1. The first-order valence-electron chi connectivity index (χ1n) is 6.82. The normalized spacial score (nSPS) is 17.1. The molecule has 17 heavy (non-hydrogen) atoms. The maximum Gasteiger partial charge on any atom is 0.0366 e. The van der Waals surface area contributed by atoms with Crippen LogP contribution in [0, 0.1) is 12.8 Å². The molecule has 1 aliphatic rings. The second kappa shape index (κ2) is 6.06. The lowest BCUT2D eigenvalue weighted by Crippen LogP contribution is -2.36. The van der Waals surface area contributed by atoms with E-state index in [9.17, 15) is 0 Å². The van der Waals surface area contributed by atoms with Crippen LogP contribution in [0.5, 0.6) is 0 Å². The molecule has 0 spiro atoms. The first kappa shape index (κ1) is 12.4. The summed E-state index contributed by atoms with van der Waals surface area (Å²) in [6.45, 7) is 9.09. The van der Waals surface area contributed by atoms with Gasteiger partial charge in [-0.1, -0.05) is 17.7 Å². The third-order valence-corrected chi connectivity index (χ3v) is 3.72. The van der Waals surface area contributed by atoms with Crippen molar-refractivity contribution in [3.05, 3.63) is 29.8 Å². The molecule has 2 nitrogen and oxygen atoms in total. The fourth-order valence-electron chi connectivity index (χ4n) is 2.55. The monoisotopic (exact) mass is 232 g/mol. The zero-order chi connectivity index (χ0) is 12.1. The van der Waals surface area contributed by atoms with Gasteiger partial charge in [-0.15, -0.1) is 0 Å². The van der Waals surface area contributed by atoms with Gasteiger partial charge in [-0.25, -0.2) is 0 Å². The lowest BCUT2D eigenvalue weighted by molar-refractivity contribution is 0.374. The third kappa shape index (κ3) is 3.47. The highest BCUT2D eigenvalue weighted by Gasteiger charge is 2.16. The highest BCUT2D eigenvalue weighted by atomic mass is 15.1. The van der Waals surface area contributed by atoms with Crippen LogP contribution in [0.15, 0.2) is 24.3 Å². The van der Waals surface area contributed by atoms with E-state index in [1.807, 2.05) is 0 Å². The maximum absolute atomic E-state index is 3.43. The number of anilines is 1. The van der Waals surface area contributed by atoms with E-state index in [1.165, 1.54) is 43.7 Å². The molecule has 0 amide bonds. The van der Waals surface area contributed by atoms with Gasteiger partial charge in [-0.05, 0) is 57.8 Å². The summed E-state index contributed by atoms with van der Waals surface area (Å²) in [5, 5.41) is 3.43. The zero-order valence-electron chi connectivity index (χ0n) is 11.1. The number of benzene rings is 1. The second-order valence-corrected chi connectivity index (χ2v) is 5.07. The standard InChI is InChI=1S/C15H24N2/c1-3-17(12-14-8-10-16-11-9-14)15-6-4-13(2)5-7-15/h4-7,14,16H,3,8-12H2,1-2H3. The van der Waals surface area contributed by atoms with Gasteiger partial charge in [0.1, 0.15) is 0 Å². The Hall–Kier alpha value is -1.02. The molecule has 2 rings (SSSR count). The Morgan fingerprint density at radius 3 is 2.41 bits per heavy atom. The molecule has 0 unspecified atom stereocenters. The molecule has 0 aromatic heterocycles. The summed E-state index contributed by atoms with van der Waals surface area (Å²) in [5.41, 5.74) is 2.71. The average molecular weight is 232 g/mol. The summed E-state index contributed by atoms with van der Waals surface area (Å²) in [7, 11) is 0. The van der Waals surface area contributed by atoms with E-state index in [2.05, 4.69) is 48.3 Å². The lowest BCUT2D eigenvalue weighted by atomic mass is 9.97. The largest absolute Gasteiger partial charge is 0.372 e. The molecular formula is C15H24N2. The van der Waals surface area contributed by atoms with Gasteiger partial charge in [-0.3, -0.25) is 0 Å². The first-order valence-corrected chi connectivity index (χ1v) is 6.82. The van der Waals surface area contributed by atoms with E-state index >= 15 is 0 Å². The van der Waals surface area contributed by atoms with Crippen molar-refractivity contribution >= 4 is 5.69 Å². The smallest absolute Gasteiger partial charge is 0.0366 e. The van der Waals surface area contributed by atoms with Crippen LogP contribution in [0.1, 0.15) is 25.3 Å². The highest BCUT2D eigenvalue weighted by molar-refractivity contribution is 5.47. The number of rotatable bonds is 4. The molecule has 1 saturated heterocycles. The molecule has 94 valence electrons. The average Bonchev–Trinajstić information content (AvgIpc) is 2.38. The third-order valence-electron chi connectivity index (χ3n) is 3.72. The van der Waals surface area contributed by atoms with Gasteiger partial charge in [-0.2, -0.15) is 0 Å². The van der Waals surface area contributed by atoms with Crippen LogP contribution < -0.4 is 10.2 Å². The number of aryl methyl sites for hydroxylation is 1. The Morgan fingerprint density at radius 1 is 1.18 bits per heavy atom. The summed E-state index contributed by atoms with van der Waals surface area (Å²) >= 11 is 0. The minimum Gasteiger partial charge on any atom is -0.372 e. The summed E-state index contributed by atoms with van der Waals surface area (Å²) in [6, 6.07) is 8.92. The Kier molecular flexibility index (Phi) is 4.43. The van der Waals surface area contributed by atoms with Crippen molar-refractivity contribution in [2.24, 2.45) is 5.92 Å². The van der Waals surface area contributed by atoms with Crippen molar-refractivity contribution in [1.82, 2.24) is 5.32 Å². The quantitative estimate of drug-likeness (QED) is 0.858. The minimum atomic E-state index is 0.859. The lowest BCUT2D eigenvalue weighted by Gasteiger charge is -2.31. The molecule has 1 aromatic carbocycles. The topological polar surface area (TPSA) is 15.3 Å². The maximum atomic E-state index is 3.43. The summed E-state index contributed by atoms with van der Waals surface area (Å²) < 4.78 is 0. The molecule has 0 saturated carbocycles. The number of hydrogen-bond donors (Lipinski definition) is 1. The number of piperidine rings is 1. The van der Waals surface area contributed by atoms with Crippen LogP contribution in [-0.4, -0.2) is 26.2 Å². The van der Waals surface area contributed by atoms with Gasteiger partial charge in [0.2, 0.25) is 0 Å². The summed E-state index contributed by atoms with van der Waals surface area (Å²) in [4.78, 5) is 2.51.